The highest BCUT2D eigenvalue weighted by Crippen LogP contribution is 2.27. The number of nitro groups is 1. The van der Waals surface area contributed by atoms with E-state index < -0.39 is 4.92 Å². The van der Waals surface area contributed by atoms with Gasteiger partial charge in [0.25, 0.3) is 0 Å². The van der Waals surface area contributed by atoms with Crippen LogP contribution in [0.15, 0.2) is 24.8 Å². The fourth-order valence-electron chi connectivity index (χ4n) is 0.991. The summed E-state index contributed by atoms with van der Waals surface area (Å²) in [5.74, 6) is 0.260. The average Bonchev–Trinajstić information content (AvgIpc) is 2.39. The van der Waals surface area contributed by atoms with E-state index in [-0.39, 0.29) is 33.9 Å². The van der Waals surface area contributed by atoms with Crippen LogP contribution in [0.3, 0.4) is 0 Å². The second kappa shape index (κ2) is 9.06. The lowest BCUT2D eigenvalue weighted by Gasteiger charge is -2.01. The van der Waals surface area contributed by atoms with Gasteiger partial charge >= 0.3 is 5.69 Å². The second-order valence-electron chi connectivity index (χ2n) is 2.64. The van der Waals surface area contributed by atoms with Crippen LogP contribution in [0.4, 0.5) is 5.69 Å². The maximum Gasteiger partial charge on any atom is 0.311 e. The van der Waals surface area contributed by atoms with Crippen molar-refractivity contribution >= 4 is 38.6 Å². The Kier molecular flexibility index (Phi) is 8.04. The Morgan fingerprint density at radius 3 is 2.39 bits per heavy atom. The average molecular weight is 287 g/mol. The van der Waals surface area contributed by atoms with Gasteiger partial charge in [0.05, 0.1) is 16.3 Å². The molecule has 0 saturated heterocycles. The maximum atomic E-state index is 10.5. The molecule has 0 aliphatic carbocycles. The third kappa shape index (κ3) is 5.35. The number of ether oxygens (including phenoxy) is 1. The zero-order valence-electron chi connectivity index (χ0n) is 9.32. The van der Waals surface area contributed by atoms with Gasteiger partial charge in [-0.15, -0.1) is 0 Å². The minimum Gasteiger partial charge on any atom is -0.490 e. The van der Waals surface area contributed by atoms with Gasteiger partial charge < -0.3 is 4.74 Å². The SMILES string of the molecule is C=Cc1ccc(OC)c([N+](=O)[O-])c1.O=S=C=S=O. The van der Waals surface area contributed by atoms with E-state index in [1.54, 1.807) is 18.2 Å². The molecule has 0 unspecified atom stereocenters. The van der Waals surface area contributed by atoms with Crippen molar-refractivity contribution in [1.82, 2.24) is 0 Å². The van der Waals surface area contributed by atoms with Crippen LogP contribution in [0.2, 0.25) is 0 Å². The van der Waals surface area contributed by atoms with Gasteiger partial charge in [0, 0.05) is 6.07 Å². The van der Waals surface area contributed by atoms with Crippen LogP contribution in [0.1, 0.15) is 5.56 Å². The highest BCUT2D eigenvalue weighted by atomic mass is 32.1. The van der Waals surface area contributed by atoms with Gasteiger partial charge in [0.15, 0.2) is 28.3 Å². The lowest BCUT2D eigenvalue weighted by Crippen LogP contribution is -1.93. The molecule has 0 aliphatic rings. The normalized spacial score (nSPS) is 8.06. The Morgan fingerprint density at radius 2 is 2.06 bits per heavy atom. The van der Waals surface area contributed by atoms with Crippen LogP contribution in [-0.4, -0.2) is 24.8 Å². The van der Waals surface area contributed by atoms with Gasteiger partial charge in [-0.25, -0.2) is 8.42 Å². The van der Waals surface area contributed by atoms with E-state index in [0.29, 0.717) is 5.56 Å². The van der Waals surface area contributed by atoms with Gasteiger partial charge in [0.1, 0.15) is 0 Å². The number of benzene rings is 1. The van der Waals surface area contributed by atoms with Crippen LogP contribution in [0.5, 0.6) is 5.75 Å². The molecule has 8 heteroatoms. The Balaban J connectivity index is 0.000000494. The number of nitrogens with zero attached hydrogens (tertiary/aromatic N) is 1. The van der Waals surface area contributed by atoms with Gasteiger partial charge in [-0.1, -0.05) is 18.7 Å². The van der Waals surface area contributed by atoms with Crippen LogP contribution < -0.4 is 4.74 Å². The van der Waals surface area contributed by atoms with E-state index in [1.165, 1.54) is 13.2 Å². The molecule has 1 rings (SSSR count). The predicted molar refractivity (Wildman–Crippen MR) is 71.0 cm³/mol. The molecule has 0 saturated carbocycles. The summed E-state index contributed by atoms with van der Waals surface area (Å²) in [6, 6.07) is 4.68. The van der Waals surface area contributed by atoms with E-state index in [2.05, 4.69) is 6.58 Å². The van der Waals surface area contributed by atoms with Crippen molar-refractivity contribution in [1.29, 1.82) is 0 Å². The Bertz CT molecular complexity index is 543. The molecule has 96 valence electrons. The molecule has 0 aromatic heterocycles. The molecule has 6 nitrogen and oxygen atoms in total. The number of hydrogen-bond acceptors (Lipinski definition) is 5. The summed E-state index contributed by atoms with van der Waals surface area (Å²) in [5.41, 5.74) is 0.660. The standard InChI is InChI=1S/C9H9NO3.CO2S2/c1-3-7-4-5-9(13-2)8(6-7)10(11)12;2-4-1-5-3/h3-6H,1H2,2H3;. The van der Waals surface area contributed by atoms with Crippen molar-refractivity contribution in [3.63, 3.8) is 0 Å². The lowest BCUT2D eigenvalue weighted by atomic mass is 10.2. The van der Waals surface area contributed by atoms with Gasteiger partial charge in [-0.05, 0) is 11.6 Å². The molecule has 0 amide bonds. The molecule has 0 bridgehead atoms. The Labute approximate surface area is 110 Å². The van der Waals surface area contributed by atoms with Crippen molar-refractivity contribution in [2.24, 2.45) is 0 Å². The van der Waals surface area contributed by atoms with Gasteiger partial charge in [0.2, 0.25) is 0 Å². The van der Waals surface area contributed by atoms with Gasteiger partial charge in [-0.3, -0.25) is 10.1 Å². The molecule has 0 atom stereocenters. The summed E-state index contributed by atoms with van der Waals surface area (Å²) in [7, 11) is 1.40. The molecule has 0 fully saturated rings. The summed E-state index contributed by atoms with van der Waals surface area (Å²) in [4.78, 5) is 10.1. The maximum absolute atomic E-state index is 10.5. The molecular weight excluding hydrogens is 278 g/mol. The highest BCUT2D eigenvalue weighted by molar-refractivity contribution is 7.80. The topological polar surface area (TPSA) is 86.5 Å². The monoisotopic (exact) mass is 287 g/mol. The van der Waals surface area contributed by atoms with Crippen molar-refractivity contribution in [2.75, 3.05) is 7.11 Å². The first-order valence-electron chi connectivity index (χ1n) is 4.38. The number of methoxy groups -OCH3 is 1. The summed E-state index contributed by atoms with van der Waals surface area (Å²) in [6.45, 7) is 3.52. The fraction of sp³-hybridized carbons (Fsp3) is 0.100. The molecule has 1 aromatic rings. The molecular formula is C10H9NO5S2. The third-order valence-electron chi connectivity index (χ3n) is 1.70. The first-order valence-corrected chi connectivity index (χ1v) is 5.86. The molecule has 0 spiro atoms. The number of rotatable bonds is 3. The predicted octanol–water partition coefficient (Wildman–Crippen LogP) is 1.30. The van der Waals surface area contributed by atoms with Crippen LogP contribution in [0, 0.1) is 10.1 Å². The molecule has 0 radical (unpaired) electrons. The number of nitro benzene ring substituents is 1. The van der Waals surface area contributed by atoms with Crippen molar-refractivity contribution in [3.05, 3.63) is 40.5 Å². The number of hydrogen-bond donors (Lipinski definition) is 0. The zero-order valence-corrected chi connectivity index (χ0v) is 11.0. The summed E-state index contributed by atoms with van der Waals surface area (Å²) in [6.07, 6.45) is 1.55. The van der Waals surface area contributed by atoms with E-state index in [9.17, 15) is 10.1 Å². The minimum atomic E-state index is -0.480. The summed E-state index contributed by atoms with van der Waals surface area (Å²) >= 11 is 0.104. The van der Waals surface area contributed by atoms with E-state index in [0.717, 1.165) is 0 Å². The summed E-state index contributed by atoms with van der Waals surface area (Å²) < 4.78 is 24.9. The molecule has 0 N–H and O–H groups in total. The first-order chi connectivity index (χ1) is 8.60. The minimum absolute atomic E-state index is 0.0418. The van der Waals surface area contributed by atoms with Gasteiger partial charge in [-0.2, -0.15) is 0 Å². The Hall–Kier alpha value is -2.02. The first kappa shape index (κ1) is 16.0. The smallest absolute Gasteiger partial charge is 0.311 e. The van der Waals surface area contributed by atoms with Crippen molar-refractivity contribution in [3.8, 4) is 5.75 Å². The lowest BCUT2D eigenvalue weighted by molar-refractivity contribution is -0.385. The highest BCUT2D eigenvalue weighted by Gasteiger charge is 2.13. The zero-order chi connectivity index (χ0) is 14.0. The quantitative estimate of drug-likeness (QED) is 0.475. The fourth-order valence-corrected chi connectivity index (χ4v) is 1.10. The van der Waals surface area contributed by atoms with Crippen LogP contribution in [0.25, 0.3) is 6.08 Å². The molecule has 1 aromatic carbocycles. The summed E-state index contributed by atoms with van der Waals surface area (Å²) in [5, 5.41) is 10.5. The van der Waals surface area contributed by atoms with Crippen LogP contribution >= 0.6 is 0 Å². The third-order valence-corrected chi connectivity index (χ3v) is 2.25. The second-order valence-corrected chi connectivity index (χ2v) is 3.64. The molecule has 0 aliphatic heterocycles. The van der Waals surface area contributed by atoms with E-state index in [4.69, 9.17) is 13.2 Å². The van der Waals surface area contributed by atoms with E-state index >= 15 is 0 Å². The molecule has 18 heavy (non-hydrogen) atoms. The Morgan fingerprint density at radius 1 is 1.44 bits per heavy atom. The van der Waals surface area contributed by atoms with Crippen molar-refractivity contribution in [2.45, 2.75) is 0 Å². The van der Waals surface area contributed by atoms with Crippen LogP contribution in [-0.2, 0) is 22.5 Å². The van der Waals surface area contributed by atoms with E-state index in [1.807, 2.05) is 4.31 Å². The largest absolute Gasteiger partial charge is 0.490 e. The van der Waals surface area contributed by atoms with Crippen molar-refractivity contribution < 1.29 is 18.1 Å². The molecule has 0 heterocycles.